The van der Waals surface area contributed by atoms with E-state index >= 15 is 14.4 Å². The van der Waals surface area contributed by atoms with Crippen LogP contribution in [0.25, 0.3) is 22.3 Å². The quantitative estimate of drug-likeness (QED) is 0.0327. The van der Waals surface area contributed by atoms with Gasteiger partial charge in [0.15, 0.2) is 179 Å². The van der Waals surface area contributed by atoms with Crippen molar-refractivity contribution < 1.29 is 278 Å². The van der Waals surface area contributed by atoms with E-state index in [1.54, 1.807) is 0 Å². The van der Waals surface area contributed by atoms with Crippen molar-refractivity contribution in [3.8, 4) is 223 Å². The molecule has 56 nitrogen and oxygen atoms in total. The maximum atomic E-state index is 16.8. The number of carbonyl (C=O) groups excluding carboxylic acids is 10. The molecule has 0 unspecified atom stereocenters. The van der Waals surface area contributed by atoms with E-state index in [1.807, 2.05) is 0 Å². The van der Waals surface area contributed by atoms with E-state index in [4.69, 9.17) is 61.6 Å². The summed E-state index contributed by atoms with van der Waals surface area (Å²) >= 11 is 0. The minimum Gasteiger partial charge on any atom is -0.504 e. The number of cyclic esters (lactones) is 2. The van der Waals surface area contributed by atoms with Gasteiger partial charge in [-0.1, -0.05) is 0 Å². The van der Waals surface area contributed by atoms with Crippen LogP contribution in [0.5, 0.6) is 201 Å². The summed E-state index contributed by atoms with van der Waals surface area (Å²) in [6.07, 6.45) is -27.1. The first-order chi connectivity index (χ1) is 68.2. The highest BCUT2D eigenvalue weighted by atomic mass is 16.8. The third-order valence-electron chi connectivity index (χ3n) is 22.2. The van der Waals surface area contributed by atoms with Gasteiger partial charge in [-0.25, -0.2) is 47.9 Å². The minimum absolute atomic E-state index is 0.00369. The standard InChI is InChI=1S/C89H62O56/c90-30-1-19(2-31(91)54(30)105)79(124)140-74-52-46(137-88(144-83(128)23-9-38(98)58(109)39(99)10-23)76(74)142-81(126)21-5-34(94)56(107)35(95)6-21)17-133-84(129)25-11-40(100)59(110)65(116)49(25)48-24(53(52)104)15-44(63(114)67(48)118)136-72-29(14-43(103)62(113)70(72)121)87(132)145-89-77(143-82(127)22-7-36(96)57(108)37(97)8-22)75(141-80(125)20-3-32(92)55(106)33(93)4-20)73-47(138-89)18-134-85(130)26-12-41(101)60(111)66(117)50(26)51-27(86(131)139-73)16-45(64(115)68(51)119)135-71-28(78(122)123)13-42(102)61(112)69(71)120/h1-16,46-47,52,73-77,88-103,105-121H,17-18H2,(H,122,123)/t46-,47-,52+,73-,74+,75+,76-,77-,88+,89+/m1/s1. The molecule has 4 aliphatic heterocycles. The van der Waals surface area contributed by atoms with Crippen LogP contribution >= 0.6 is 0 Å². The molecular weight excluding hydrogens is 1960 g/mol. The topological polar surface area (TPSA) is 955 Å². The Morgan fingerprint density at radius 1 is 0.255 bits per heavy atom. The lowest BCUT2D eigenvalue weighted by molar-refractivity contribution is -0.282. The molecule has 10 atom stereocenters. The Kier molecular flexibility index (Phi) is 25.1. The summed E-state index contributed by atoms with van der Waals surface area (Å²) in [5.74, 6) is -80.2. The Morgan fingerprint density at radius 2 is 0.524 bits per heavy atom. The summed E-state index contributed by atoms with van der Waals surface area (Å²) in [5.41, 5.74) is -20.3. The zero-order valence-corrected chi connectivity index (χ0v) is 71.0. The van der Waals surface area contributed by atoms with Gasteiger partial charge in [0.2, 0.25) is 70.8 Å². The number of esters is 9. The molecule has 0 bridgehead atoms. The number of aromatic hydroxyl groups is 31. The molecule has 4 heterocycles. The molecule has 0 spiro atoms. The molecular formula is C89H62O56. The zero-order valence-electron chi connectivity index (χ0n) is 71.0. The largest absolute Gasteiger partial charge is 0.504 e. The van der Waals surface area contributed by atoms with Crippen LogP contribution in [0.15, 0.2) is 97.1 Å². The first kappa shape index (κ1) is 98.6. The van der Waals surface area contributed by atoms with E-state index in [0.717, 1.165) is 0 Å². The van der Waals surface area contributed by atoms with Crippen LogP contribution in [0, 0.1) is 5.92 Å². The Morgan fingerprint density at radius 3 is 0.897 bits per heavy atom. The normalized spacial score (nSPS) is 18.4. The summed E-state index contributed by atoms with van der Waals surface area (Å²) in [7, 11) is 0. The molecule has 4 aliphatic rings. The predicted molar refractivity (Wildman–Crippen MR) is 450 cm³/mol. The summed E-state index contributed by atoms with van der Waals surface area (Å²) in [6, 6.07) is 4.40. The number of carboxylic acids is 1. The van der Waals surface area contributed by atoms with Crippen molar-refractivity contribution in [2.24, 2.45) is 5.92 Å². The van der Waals surface area contributed by atoms with E-state index in [2.05, 4.69) is 0 Å². The number of carbonyl (C=O) groups is 11. The number of Topliss-reactive ketones (excluding diaryl/α,β-unsaturated/α-hetero) is 1. The van der Waals surface area contributed by atoms with Crippen molar-refractivity contribution in [2.75, 3.05) is 13.2 Å². The second-order valence-electron chi connectivity index (χ2n) is 31.1. The Bertz CT molecular complexity index is 7360. The van der Waals surface area contributed by atoms with Gasteiger partial charge in [-0.15, -0.1) is 0 Å². The number of carboxylic acid groups (broad SMARTS) is 1. The molecule has 754 valence electrons. The molecule has 0 amide bonds. The molecule has 15 rings (SSSR count). The zero-order chi connectivity index (χ0) is 106. The van der Waals surface area contributed by atoms with Gasteiger partial charge in [0.1, 0.15) is 36.5 Å². The van der Waals surface area contributed by atoms with E-state index < -0.39 is 425 Å². The Labute approximate surface area is 796 Å². The van der Waals surface area contributed by atoms with Crippen LogP contribution in [-0.4, -0.2) is 297 Å². The first-order valence-electron chi connectivity index (χ1n) is 40.0. The average Bonchev–Trinajstić information content (AvgIpc) is 1.42. The number of phenolic OH excluding ortho intramolecular Hbond substituents is 31. The van der Waals surface area contributed by atoms with Crippen molar-refractivity contribution in [3.63, 3.8) is 0 Å². The van der Waals surface area contributed by atoms with E-state index in [9.17, 15) is 202 Å². The number of phenols is 31. The third-order valence-corrected chi connectivity index (χ3v) is 22.2. The molecule has 56 heteroatoms. The molecule has 11 aromatic rings. The lowest BCUT2D eigenvalue weighted by Crippen LogP contribution is -2.63. The van der Waals surface area contributed by atoms with Crippen molar-refractivity contribution in [2.45, 2.75) is 55.3 Å². The Balaban J connectivity index is 0.916. The number of benzene rings is 11. The van der Waals surface area contributed by atoms with Crippen molar-refractivity contribution in [1.82, 2.24) is 0 Å². The molecule has 11 aromatic carbocycles. The first-order valence-corrected chi connectivity index (χ1v) is 40.0. The number of fused-ring (bicyclic) bond motifs is 8. The van der Waals surface area contributed by atoms with Gasteiger partial charge >= 0.3 is 59.7 Å². The molecule has 0 aromatic heterocycles. The number of aromatic carboxylic acids is 1. The third kappa shape index (κ3) is 17.5. The predicted octanol–water partition coefficient (Wildman–Crippen LogP) is 4.91. The van der Waals surface area contributed by atoms with Gasteiger partial charge < -0.3 is 225 Å². The fraction of sp³-hybridized carbons (Fsp3) is 0.135. The lowest BCUT2D eigenvalue weighted by Gasteiger charge is -2.44. The number of rotatable bonds is 17. The number of hydrogen-bond acceptors (Lipinski definition) is 55. The highest BCUT2D eigenvalue weighted by molar-refractivity contribution is 6.13. The smallest absolute Gasteiger partial charge is 0.344 e. The van der Waals surface area contributed by atoms with Crippen LogP contribution in [0.3, 0.4) is 0 Å². The number of ether oxygens (including phenoxy) is 13. The van der Waals surface area contributed by atoms with Crippen LogP contribution in [0.1, 0.15) is 114 Å². The second kappa shape index (κ2) is 36.9. The summed E-state index contributed by atoms with van der Waals surface area (Å²) < 4.78 is 74.7. The van der Waals surface area contributed by atoms with Crippen molar-refractivity contribution >= 4 is 65.5 Å². The Hall–Kier alpha value is -20.9. The van der Waals surface area contributed by atoms with Gasteiger partial charge in [-0.05, 0) is 78.9 Å². The van der Waals surface area contributed by atoms with Crippen LogP contribution in [0.4, 0.5) is 0 Å². The molecule has 0 radical (unpaired) electrons. The van der Waals surface area contributed by atoms with Crippen LogP contribution < -0.4 is 9.47 Å². The van der Waals surface area contributed by atoms with E-state index in [0.29, 0.717) is 60.7 Å². The average molecular weight is 2030 g/mol. The number of hydrogen-bond donors (Lipinski definition) is 32. The van der Waals surface area contributed by atoms with Crippen molar-refractivity contribution in [3.05, 3.63) is 158 Å². The van der Waals surface area contributed by atoms with E-state index in [-0.39, 0.29) is 36.4 Å². The van der Waals surface area contributed by atoms with Crippen LogP contribution in [0.2, 0.25) is 0 Å². The molecule has 0 saturated carbocycles. The lowest BCUT2D eigenvalue weighted by atomic mass is 9.79. The highest BCUT2D eigenvalue weighted by Crippen LogP contribution is 2.60. The summed E-state index contributed by atoms with van der Waals surface area (Å²) in [4.78, 5) is 164. The SMILES string of the molecule is O=C(O[C@@H]1O[C@@H]2COC(=O)c3cc(O)c(O)c(O)c3-c3c(cc(Oc4c(C(=O)O[C@@H]5O[C@@H]6COC(=O)c7cc(O)c(O)c(O)c7-c7c(cc(Oc8c(C(=O)O)cc(O)c(O)c8O)c(O)c7O)C(=O)O[C@H]6[C@H](OC(=O)c6cc(O)c(O)c(O)c6)[C@H]5OC(=O)c5cc(O)c(O)c(O)c5)cc(O)c(O)c4O)c(O)c3O)C(=O)[C@H]2[C@H](OC(=O)c2cc(O)c(O)c(O)c2)[C@H]1OC(=O)c1cc(O)c(O)c(O)c1)c1cc(O)c(O)c(O)c1. The summed E-state index contributed by atoms with van der Waals surface area (Å²) in [6.45, 7) is -3.37. The monoisotopic (exact) mass is 2030 g/mol. The van der Waals surface area contributed by atoms with Crippen molar-refractivity contribution in [1.29, 1.82) is 0 Å². The fourth-order valence-corrected chi connectivity index (χ4v) is 15.2. The van der Waals surface area contributed by atoms with Crippen LogP contribution in [-0.2, 0) is 52.1 Å². The molecule has 32 N–H and O–H groups in total. The highest BCUT2D eigenvalue weighted by Gasteiger charge is 2.59. The van der Waals surface area contributed by atoms with Gasteiger partial charge in [0, 0.05) is 46.0 Å². The minimum atomic E-state index is -3.29. The van der Waals surface area contributed by atoms with Gasteiger partial charge in [-0.2, -0.15) is 0 Å². The molecule has 145 heavy (non-hydrogen) atoms. The maximum Gasteiger partial charge on any atom is 0.344 e. The molecule has 2 fully saturated rings. The van der Waals surface area contributed by atoms with E-state index in [1.165, 1.54) is 0 Å². The number of ketones is 1. The van der Waals surface area contributed by atoms with Gasteiger partial charge in [0.05, 0.1) is 50.4 Å². The summed E-state index contributed by atoms with van der Waals surface area (Å²) in [5, 5.41) is 352. The fourth-order valence-electron chi connectivity index (χ4n) is 15.2. The maximum absolute atomic E-state index is 16.8. The molecule has 0 aliphatic carbocycles. The second-order valence-corrected chi connectivity index (χ2v) is 31.1. The molecule has 2 saturated heterocycles. The van der Waals surface area contributed by atoms with Gasteiger partial charge in [0.25, 0.3) is 0 Å². The van der Waals surface area contributed by atoms with Gasteiger partial charge in [-0.3, -0.25) is 4.79 Å².